The largest absolute Gasteiger partial charge is 0.462 e. The molecule has 1 N–H and O–H groups in total. The number of aliphatic hydroxyl groups is 1. The average Bonchev–Trinajstić information content (AvgIpc) is 3.30. The average molecular weight is 345 g/mol. The molecule has 2 saturated heterocycles. The Labute approximate surface area is 148 Å². The van der Waals surface area contributed by atoms with Gasteiger partial charge in [-0.1, -0.05) is 0 Å². The van der Waals surface area contributed by atoms with E-state index in [0.29, 0.717) is 6.54 Å². The molecule has 0 saturated carbocycles. The Bertz CT molecular complexity index is 653. The van der Waals surface area contributed by atoms with Crippen molar-refractivity contribution in [3.05, 3.63) is 42.4 Å². The van der Waals surface area contributed by atoms with Gasteiger partial charge in [0, 0.05) is 32.1 Å². The van der Waals surface area contributed by atoms with Crippen molar-refractivity contribution in [1.82, 2.24) is 14.5 Å². The van der Waals surface area contributed by atoms with Crippen molar-refractivity contribution in [3.63, 3.8) is 0 Å². The zero-order valence-corrected chi connectivity index (χ0v) is 14.6. The predicted octanol–water partition coefficient (Wildman–Crippen LogP) is 2.74. The van der Waals surface area contributed by atoms with Gasteiger partial charge >= 0.3 is 0 Å². The van der Waals surface area contributed by atoms with Crippen LogP contribution in [-0.4, -0.2) is 44.9 Å². The van der Waals surface area contributed by atoms with Gasteiger partial charge in [-0.05, 0) is 44.2 Å². The van der Waals surface area contributed by atoms with Crippen LogP contribution in [0, 0.1) is 0 Å². The maximum Gasteiger partial charge on any atom is 0.133 e. The molecule has 2 aliphatic heterocycles. The minimum Gasteiger partial charge on any atom is -0.462 e. The molecular weight excluding hydrogens is 318 g/mol. The first kappa shape index (κ1) is 16.8. The summed E-state index contributed by atoms with van der Waals surface area (Å²) >= 11 is 0. The van der Waals surface area contributed by atoms with Crippen molar-refractivity contribution in [2.45, 2.75) is 56.9 Å². The number of hydrogen-bond acceptors (Lipinski definition) is 5. The number of piperidine rings is 1. The molecule has 136 valence electrons. The molecule has 2 aromatic rings. The van der Waals surface area contributed by atoms with Crippen molar-refractivity contribution in [2.75, 3.05) is 19.7 Å². The second kappa shape index (κ2) is 7.32. The lowest BCUT2D eigenvalue weighted by Gasteiger charge is -2.38. The highest BCUT2D eigenvalue weighted by molar-refractivity contribution is 5.10. The Morgan fingerprint density at radius 2 is 2.12 bits per heavy atom. The number of hydrogen-bond donors (Lipinski definition) is 1. The number of ether oxygens (including phenoxy) is 1. The predicted molar refractivity (Wildman–Crippen MR) is 92.9 cm³/mol. The van der Waals surface area contributed by atoms with Gasteiger partial charge in [0.25, 0.3) is 0 Å². The van der Waals surface area contributed by atoms with Crippen LogP contribution in [0.5, 0.6) is 0 Å². The number of furan rings is 1. The summed E-state index contributed by atoms with van der Waals surface area (Å²) in [6.07, 6.45) is 10.5. The van der Waals surface area contributed by atoms with Gasteiger partial charge in [0.15, 0.2) is 0 Å². The molecule has 0 aliphatic carbocycles. The van der Waals surface area contributed by atoms with Gasteiger partial charge in [0.2, 0.25) is 0 Å². The van der Waals surface area contributed by atoms with Crippen LogP contribution in [-0.2, 0) is 17.8 Å². The summed E-state index contributed by atoms with van der Waals surface area (Å²) < 4.78 is 13.8. The highest BCUT2D eigenvalue weighted by atomic mass is 16.5. The molecule has 2 aliphatic rings. The molecule has 0 unspecified atom stereocenters. The fraction of sp³-hybridized carbons (Fsp3) is 0.632. The summed E-state index contributed by atoms with van der Waals surface area (Å²) in [7, 11) is 0. The van der Waals surface area contributed by atoms with E-state index in [4.69, 9.17) is 9.15 Å². The van der Waals surface area contributed by atoms with Gasteiger partial charge in [-0.15, -0.1) is 0 Å². The molecule has 0 radical (unpaired) electrons. The van der Waals surface area contributed by atoms with Crippen LogP contribution in [0.4, 0.5) is 0 Å². The normalized spacial score (nSPS) is 24.4. The number of nitrogens with zero attached hydrogens (tertiary/aromatic N) is 3. The van der Waals surface area contributed by atoms with E-state index in [1.165, 1.54) is 6.42 Å². The highest BCUT2D eigenvalue weighted by Gasteiger charge is 2.33. The van der Waals surface area contributed by atoms with Crippen LogP contribution in [0.3, 0.4) is 0 Å². The summed E-state index contributed by atoms with van der Waals surface area (Å²) in [5.74, 6) is 1.95. The molecule has 4 heterocycles. The quantitative estimate of drug-likeness (QED) is 0.903. The first-order chi connectivity index (χ1) is 12.2. The van der Waals surface area contributed by atoms with Crippen LogP contribution in [0.25, 0.3) is 0 Å². The van der Waals surface area contributed by atoms with Gasteiger partial charge in [-0.3, -0.25) is 4.90 Å². The molecule has 0 bridgehead atoms. The summed E-state index contributed by atoms with van der Waals surface area (Å²) in [5.41, 5.74) is -0.637. The monoisotopic (exact) mass is 345 g/mol. The van der Waals surface area contributed by atoms with E-state index < -0.39 is 5.60 Å². The Morgan fingerprint density at radius 1 is 1.24 bits per heavy atom. The third-order valence-electron chi connectivity index (χ3n) is 5.38. The van der Waals surface area contributed by atoms with Crippen LogP contribution in [0.15, 0.2) is 35.3 Å². The van der Waals surface area contributed by atoms with E-state index >= 15 is 0 Å². The molecule has 0 aromatic carbocycles. The van der Waals surface area contributed by atoms with Gasteiger partial charge in [0.05, 0.1) is 25.0 Å². The standard InChI is InChI=1S/C19H27N3O3/c23-19(14-22-11-8-20-15-22)6-9-21(10-7-19)13-16-4-5-18(25-16)17-3-1-2-12-24-17/h4-5,8,11,15,17,23H,1-3,6-7,9-10,12-14H2/t17-/m0/s1. The lowest BCUT2D eigenvalue weighted by Crippen LogP contribution is -2.46. The van der Waals surface area contributed by atoms with Gasteiger partial charge in [-0.2, -0.15) is 0 Å². The Balaban J connectivity index is 1.29. The number of likely N-dealkylation sites (tertiary alicyclic amines) is 1. The third-order valence-corrected chi connectivity index (χ3v) is 5.38. The Kier molecular flexibility index (Phi) is 4.92. The third kappa shape index (κ3) is 4.14. The summed E-state index contributed by atoms with van der Waals surface area (Å²) in [6.45, 7) is 4.00. The molecule has 0 spiro atoms. The fourth-order valence-electron chi connectivity index (χ4n) is 3.84. The molecule has 0 amide bonds. The van der Waals surface area contributed by atoms with Crippen molar-refractivity contribution < 1.29 is 14.3 Å². The van der Waals surface area contributed by atoms with Crippen LogP contribution in [0.2, 0.25) is 0 Å². The molecule has 6 nitrogen and oxygen atoms in total. The van der Waals surface area contributed by atoms with Crippen LogP contribution in [0.1, 0.15) is 49.7 Å². The number of imidazole rings is 1. The van der Waals surface area contributed by atoms with E-state index in [-0.39, 0.29) is 6.10 Å². The number of rotatable bonds is 5. The van der Waals surface area contributed by atoms with Crippen LogP contribution < -0.4 is 0 Å². The van der Waals surface area contributed by atoms with Crippen molar-refractivity contribution in [2.24, 2.45) is 0 Å². The highest BCUT2D eigenvalue weighted by Crippen LogP contribution is 2.30. The molecule has 2 aromatic heterocycles. The second-order valence-electron chi connectivity index (χ2n) is 7.39. The van der Waals surface area contributed by atoms with E-state index in [1.807, 2.05) is 10.8 Å². The SMILES string of the molecule is OC1(Cn2ccnc2)CCN(Cc2ccc([C@@H]3CCCCO3)o2)CC1. The molecule has 25 heavy (non-hydrogen) atoms. The lowest BCUT2D eigenvalue weighted by atomic mass is 9.91. The van der Waals surface area contributed by atoms with E-state index in [9.17, 15) is 5.11 Å². The molecule has 4 rings (SSSR count). The summed E-state index contributed by atoms with van der Waals surface area (Å²) in [4.78, 5) is 6.40. The minimum atomic E-state index is -0.637. The van der Waals surface area contributed by atoms with Gasteiger partial charge < -0.3 is 18.8 Å². The zero-order chi connectivity index (χ0) is 17.1. The smallest absolute Gasteiger partial charge is 0.133 e. The number of aromatic nitrogens is 2. The van der Waals surface area contributed by atoms with Crippen molar-refractivity contribution >= 4 is 0 Å². The first-order valence-corrected chi connectivity index (χ1v) is 9.31. The second-order valence-corrected chi connectivity index (χ2v) is 7.39. The van der Waals surface area contributed by atoms with Crippen molar-refractivity contribution in [1.29, 1.82) is 0 Å². The fourth-order valence-corrected chi connectivity index (χ4v) is 3.84. The lowest BCUT2D eigenvalue weighted by molar-refractivity contribution is -0.0373. The molecular formula is C19H27N3O3. The maximum absolute atomic E-state index is 10.8. The molecule has 6 heteroatoms. The first-order valence-electron chi connectivity index (χ1n) is 9.31. The maximum atomic E-state index is 10.8. The Hall–Kier alpha value is -1.63. The zero-order valence-electron chi connectivity index (χ0n) is 14.6. The van der Waals surface area contributed by atoms with E-state index in [2.05, 4.69) is 22.0 Å². The molecule has 1 atom stereocenters. The van der Waals surface area contributed by atoms with E-state index in [0.717, 1.165) is 63.4 Å². The minimum absolute atomic E-state index is 0.129. The van der Waals surface area contributed by atoms with Crippen LogP contribution >= 0.6 is 0 Å². The summed E-state index contributed by atoms with van der Waals surface area (Å²) in [6, 6.07) is 4.13. The van der Waals surface area contributed by atoms with Gasteiger partial charge in [-0.25, -0.2) is 4.98 Å². The topological polar surface area (TPSA) is 63.7 Å². The Morgan fingerprint density at radius 3 is 2.84 bits per heavy atom. The molecule has 2 fully saturated rings. The van der Waals surface area contributed by atoms with E-state index in [1.54, 1.807) is 12.5 Å². The summed E-state index contributed by atoms with van der Waals surface area (Å²) in [5, 5.41) is 10.8. The van der Waals surface area contributed by atoms with Gasteiger partial charge in [0.1, 0.15) is 17.6 Å². The van der Waals surface area contributed by atoms with Crippen molar-refractivity contribution in [3.8, 4) is 0 Å².